The molecule has 0 amide bonds. The van der Waals surface area contributed by atoms with Crippen molar-refractivity contribution in [3.63, 3.8) is 0 Å². The first-order chi connectivity index (χ1) is 13.6. The molecule has 0 spiro atoms. The van der Waals surface area contributed by atoms with Gasteiger partial charge in [0.15, 0.2) is 0 Å². The first-order valence-corrected chi connectivity index (χ1v) is 13.6. The first kappa shape index (κ1) is 33.1. The van der Waals surface area contributed by atoms with Crippen molar-refractivity contribution in [2.24, 2.45) is 10.2 Å². The summed E-state index contributed by atoms with van der Waals surface area (Å²) in [5.74, 6) is 0. The van der Waals surface area contributed by atoms with Gasteiger partial charge in [-0.25, -0.2) is 0 Å². The Morgan fingerprint density at radius 1 is 0.871 bits per heavy atom. The van der Waals surface area contributed by atoms with Crippen molar-refractivity contribution in [1.82, 2.24) is 0 Å². The minimum absolute atomic E-state index is 0. The van der Waals surface area contributed by atoms with E-state index in [9.17, 15) is 0 Å². The smallest absolute Gasteiger partial charge is 0.0425 e. The Bertz CT molecular complexity index is 649. The van der Waals surface area contributed by atoms with Crippen molar-refractivity contribution in [2.45, 2.75) is 124 Å². The predicted molar refractivity (Wildman–Crippen MR) is 143 cm³/mol. The molecule has 0 aromatic carbocycles. The normalized spacial score (nSPS) is 15.2. The quantitative estimate of drug-likeness (QED) is 0.186. The molecule has 31 heavy (non-hydrogen) atoms. The topological polar surface area (TPSA) is 12.4 Å². The fraction of sp³-hybridized carbons (Fsp3) is 0.714. The van der Waals surface area contributed by atoms with Gasteiger partial charge in [0.2, 0.25) is 0 Å². The van der Waals surface area contributed by atoms with Gasteiger partial charge in [-0.15, -0.1) is 0 Å². The van der Waals surface area contributed by atoms with Crippen molar-refractivity contribution in [2.75, 3.05) is 0 Å². The van der Waals surface area contributed by atoms with Gasteiger partial charge in [0.1, 0.15) is 0 Å². The molecular formula is C28H52NPTi. The Kier molecular flexibility index (Phi) is 13.8. The molecule has 0 saturated heterocycles. The molecule has 1 aliphatic rings. The molecule has 178 valence electrons. The van der Waals surface area contributed by atoms with Crippen LogP contribution in [0.2, 0.25) is 0 Å². The van der Waals surface area contributed by atoms with Crippen molar-refractivity contribution in [1.29, 1.82) is 0 Å². The summed E-state index contributed by atoms with van der Waals surface area (Å²) in [5.41, 5.74) is 1.60. The van der Waals surface area contributed by atoms with Gasteiger partial charge < -0.3 is 0 Å². The van der Waals surface area contributed by atoms with Crippen LogP contribution in [0.15, 0.2) is 53.5 Å². The Hall–Kier alpha value is -0.0957. The Balaban J connectivity index is 0. The summed E-state index contributed by atoms with van der Waals surface area (Å²) in [6.07, 6.45) is 17.1. The fourth-order valence-corrected chi connectivity index (χ4v) is 12.2. The zero-order chi connectivity index (χ0) is 23.9. The summed E-state index contributed by atoms with van der Waals surface area (Å²) in [6, 6.07) is 0. The predicted octanol–water partition coefficient (Wildman–Crippen LogP) is 10.4. The molecule has 1 nitrogen and oxygen atoms in total. The van der Waals surface area contributed by atoms with Crippen LogP contribution in [0, 0.1) is 5.41 Å². The third-order valence-electron chi connectivity index (χ3n) is 6.99. The molecule has 0 fully saturated rings. The van der Waals surface area contributed by atoms with Gasteiger partial charge in [0.25, 0.3) is 0 Å². The molecule has 1 aliphatic carbocycles. The standard InChI is InChI=1S/C20H38NP.C8H14.Ti/c1-10-18(4,5)22(19(6,7)11-2,20(8,9)12-3)21-17-15-13-14-16-17;1-5-6-7-8(2,3)4;/h13-15H,10-12,16H2,1-9H3;5-7H,1H2,2-4H3;. The van der Waals surface area contributed by atoms with Gasteiger partial charge in [-0.2, -0.15) is 0 Å². The number of hydrogen-bond donors (Lipinski definition) is 0. The van der Waals surface area contributed by atoms with Gasteiger partial charge in [-0.3, -0.25) is 4.74 Å². The van der Waals surface area contributed by atoms with Crippen LogP contribution in [0.4, 0.5) is 0 Å². The molecule has 1 rings (SSSR count). The van der Waals surface area contributed by atoms with Crippen molar-refractivity contribution >= 4 is 7.05 Å². The average molecular weight is 482 g/mol. The Labute approximate surface area is 211 Å². The van der Waals surface area contributed by atoms with Crippen molar-refractivity contribution in [3.8, 4) is 0 Å². The van der Waals surface area contributed by atoms with E-state index in [1.807, 2.05) is 6.08 Å². The minimum atomic E-state index is -1.64. The van der Waals surface area contributed by atoms with Crippen molar-refractivity contribution < 1.29 is 21.7 Å². The van der Waals surface area contributed by atoms with Gasteiger partial charge in [-0.05, 0) is 37.8 Å². The van der Waals surface area contributed by atoms with Crippen molar-refractivity contribution in [3.05, 3.63) is 48.7 Å². The zero-order valence-electron chi connectivity index (χ0n) is 22.9. The second kappa shape index (κ2) is 13.0. The van der Waals surface area contributed by atoms with Crippen LogP contribution in [-0.4, -0.2) is 15.5 Å². The van der Waals surface area contributed by atoms with Crippen LogP contribution in [-0.2, 0) is 21.7 Å². The Morgan fingerprint density at radius 2 is 1.29 bits per heavy atom. The van der Waals surface area contributed by atoms with Crippen LogP contribution in [0.5, 0.6) is 0 Å². The van der Waals surface area contributed by atoms with Gasteiger partial charge in [0, 0.05) is 49.3 Å². The summed E-state index contributed by atoms with van der Waals surface area (Å²) in [6.45, 7) is 32.0. The summed E-state index contributed by atoms with van der Waals surface area (Å²) in [4.78, 5) is 0. The van der Waals surface area contributed by atoms with Crippen LogP contribution >= 0.6 is 7.05 Å². The molecule has 0 atom stereocenters. The van der Waals surface area contributed by atoms with Gasteiger partial charge in [0.05, 0.1) is 0 Å². The van der Waals surface area contributed by atoms with Crippen LogP contribution in [0.1, 0.15) is 109 Å². The second-order valence-electron chi connectivity index (χ2n) is 11.5. The van der Waals surface area contributed by atoms with E-state index >= 15 is 0 Å². The molecule has 0 bridgehead atoms. The Morgan fingerprint density at radius 3 is 1.52 bits per heavy atom. The molecule has 0 unspecified atom stereocenters. The maximum atomic E-state index is 5.64. The number of allylic oxidation sites excluding steroid dienone is 6. The third kappa shape index (κ3) is 8.32. The zero-order valence-corrected chi connectivity index (χ0v) is 25.4. The SMILES string of the molecule is C=CC=CC(C)(C)C.CCC(C)(C)P(=NC1=CC=CC1)(C(C)(C)CC)C(C)(C)CC.[Ti]. The maximum Gasteiger partial charge on any atom is 0.0425 e. The number of nitrogens with zero attached hydrogens (tertiary/aromatic N) is 1. The monoisotopic (exact) mass is 481 g/mol. The van der Waals surface area contributed by atoms with E-state index in [1.54, 1.807) is 6.08 Å². The van der Waals surface area contributed by atoms with E-state index < -0.39 is 7.05 Å². The van der Waals surface area contributed by atoms with Crippen LogP contribution in [0.3, 0.4) is 0 Å². The first-order valence-electron chi connectivity index (χ1n) is 11.9. The van der Waals surface area contributed by atoms with E-state index in [4.69, 9.17) is 4.74 Å². The van der Waals surface area contributed by atoms with Crippen LogP contribution < -0.4 is 0 Å². The second-order valence-corrected chi connectivity index (χ2v) is 16.6. The third-order valence-corrected chi connectivity index (χ3v) is 13.7. The number of rotatable bonds is 8. The molecular weight excluding hydrogens is 429 g/mol. The van der Waals surface area contributed by atoms with Crippen LogP contribution in [0.25, 0.3) is 0 Å². The summed E-state index contributed by atoms with van der Waals surface area (Å²) in [7, 11) is -1.64. The molecule has 0 N–H and O–H groups in total. The summed E-state index contributed by atoms with van der Waals surface area (Å²) >= 11 is 0. The summed E-state index contributed by atoms with van der Waals surface area (Å²) in [5, 5.41) is 0.778. The average Bonchev–Trinajstić information content (AvgIpc) is 3.16. The molecule has 0 radical (unpaired) electrons. The van der Waals surface area contributed by atoms with Gasteiger partial charge in [-0.1, -0.05) is 120 Å². The summed E-state index contributed by atoms with van der Waals surface area (Å²) < 4.78 is 5.64. The van der Waals surface area contributed by atoms with E-state index in [-0.39, 0.29) is 37.2 Å². The molecule has 0 aromatic heterocycles. The van der Waals surface area contributed by atoms with E-state index in [0.717, 1.165) is 6.42 Å². The molecule has 0 aliphatic heterocycles. The maximum absolute atomic E-state index is 5.64. The molecule has 3 heteroatoms. The largest absolute Gasteiger partial charge is 0.270 e. The molecule has 0 aromatic rings. The van der Waals surface area contributed by atoms with E-state index in [1.165, 1.54) is 25.0 Å². The molecule has 0 saturated carbocycles. The van der Waals surface area contributed by atoms with Gasteiger partial charge >= 0.3 is 0 Å². The fourth-order valence-electron chi connectivity index (χ4n) is 4.61. The molecule has 0 heterocycles. The minimum Gasteiger partial charge on any atom is -0.270 e. The number of hydrogen-bond acceptors (Lipinski definition) is 1. The van der Waals surface area contributed by atoms with E-state index in [2.05, 4.69) is 114 Å². The van der Waals surface area contributed by atoms with E-state index in [0.29, 0.717) is 5.41 Å².